The summed E-state index contributed by atoms with van der Waals surface area (Å²) in [6.45, 7) is 3.58. The summed E-state index contributed by atoms with van der Waals surface area (Å²) in [5.74, 6) is -0.0861. The molecule has 2 N–H and O–H groups in total. The van der Waals surface area contributed by atoms with Crippen LogP contribution in [0.25, 0.3) is 0 Å². The second-order valence-corrected chi connectivity index (χ2v) is 9.52. The van der Waals surface area contributed by atoms with E-state index in [4.69, 9.17) is 11.6 Å². The minimum atomic E-state index is -1.24. The fourth-order valence-electron chi connectivity index (χ4n) is 5.08. The lowest BCUT2D eigenvalue weighted by molar-refractivity contribution is -0.384. The van der Waals surface area contributed by atoms with Crippen molar-refractivity contribution < 1.29 is 14.8 Å². The Morgan fingerprint density at radius 2 is 1.61 bits per heavy atom. The molecule has 1 heterocycles. The number of carbonyl (C=O) groups excluding carboxylic acids is 1. The van der Waals surface area contributed by atoms with E-state index in [-0.39, 0.29) is 17.3 Å². The number of anilines is 1. The summed E-state index contributed by atoms with van der Waals surface area (Å²) in [6, 6.07) is 23.2. The predicted octanol–water partition coefficient (Wildman–Crippen LogP) is 6.45. The molecule has 6 nitrogen and oxygen atoms in total. The number of amides is 1. The van der Waals surface area contributed by atoms with Crippen molar-refractivity contribution in [2.45, 2.75) is 25.7 Å². The van der Waals surface area contributed by atoms with Crippen LogP contribution in [0.3, 0.4) is 0 Å². The predicted molar refractivity (Wildman–Crippen MR) is 140 cm³/mol. The molecule has 4 aromatic rings. The Kier molecular flexibility index (Phi) is 5.77. The van der Waals surface area contributed by atoms with Crippen LogP contribution in [-0.2, 0) is 16.6 Å². The van der Waals surface area contributed by atoms with Crippen molar-refractivity contribution in [3.63, 3.8) is 0 Å². The van der Waals surface area contributed by atoms with E-state index in [9.17, 15) is 20.0 Å². The number of nitro groups is 1. The molecular formula is C29H23ClN2O4. The summed E-state index contributed by atoms with van der Waals surface area (Å²) in [7, 11) is 0. The molecule has 0 radical (unpaired) electrons. The van der Waals surface area contributed by atoms with E-state index in [0.717, 1.165) is 16.7 Å². The Morgan fingerprint density at radius 3 is 2.25 bits per heavy atom. The summed E-state index contributed by atoms with van der Waals surface area (Å²) in [6.07, 6.45) is 0.602. The zero-order valence-corrected chi connectivity index (χ0v) is 20.5. The zero-order chi connectivity index (χ0) is 25.6. The molecule has 0 fully saturated rings. The monoisotopic (exact) mass is 498 g/mol. The lowest BCUT2D eigenvalue weighted by atomic mass is 9.69. The van der Waals surface area contributed by atoms with E-state index in [1.54, 1.807) is 38.1 Å². The van der Waals surface area contributed by atoms with E-state index in [2.05, 4.69) is 5.32 Å². The number of carbonyl (C=O) groups is 1. The molecule has 36 heavy (non-hydrogen) atoms. The Labute approximate surface area is 213 Å². The van der Waals surface area contributed by atoms with Crippen molar-refractivity contribution in [3.05, 3.63) is 133 Å². The third kappa shape index (κ3) is 3.71. The molecule has 7 heteroatoms. The highest BCUT2D eigenvalue weighted by Crippen LogP contribution is 2.49. The van der Waals surface area contributed by atoms with Gasteiger partial charge in [0.1, 0.15) is 11.2 Å². The van der Waals surface area contributed by atoms with Gasteiger partial charge in [0.05, 0.1) is 4.92 Å². The second-order valence-electron chi connectivity index (χ2n) is 9.11. The molecule has 1 unspecified atom stereocenters. The molecule has 5 rings (SSSR count). The molecule has 180 valence electrons. The van der Waals surface area contributed by atoms with Crippen LogP contribution in [0.2, 0.25) is 5.02 Å². The largest absolute Gasteiger partial charge is 0.507 e. The van der Waals surface area contributed by atoms with Gasteiger partial charge < -0.3 is 10.4 Å². The summed E-state index contributed by atoms with van der Waals surface area (Å²) in [5.41, 5.74) is 4.66. The summed E-state index contributed by atoms with van der Waals surface area (Å²) in [4.78, 5) is 24.7. The quantitative estimate of drug-likeness (QED) is 0.244. The molecule has 0 bridgehead atoms. The number of hydrogen-bond donors (Lipinski definition) is 2. The second kappa shape index (κ2) is 8.81. The number of nitrogens with one attached hydrogen (secondary N) is 1. The van der Waals surface area contributed by atoms with Gasteiger partial charge in [0.15, 0.2) is 0 Å². The Morgan fingerprint density at radius 1 is 0.944 bits per heavy atom. The third-order valence-electron chi connectivity index (χ3n) is 6.86. The number of benzene rings is 4. The number of rotatable bonds is 5. The van der Waals surface area contributed by atoms with Gasteiger partial charge in [-0.15, -0.1) is 0 Å². The first-order valence-electron chi connectivity index (χ1n) is 11.5. The van der Waals surface area contributed by atoms with Gasteiger partial charge in [0, 0.05) is 28.4 Å². The molecule has 0 saturated carbocycles. The number of phenolic OH excluding ortho intramolecular Hbond substituents is 1. The highest BCUT2D eigenvalue weighted by molar-refractivity contribution is 6.31. The normalized spacial score (nSPS) is 16.5. The molecule has 0 aliphatic carbocycles. The average molecular weight is 499 g/mol. The van der Waals surface area contributed by atoms with Crippen molar-refractivity contribution in [3.8, 4) is 5.75 Å². The van der Waals surface area contributed by atoms with Crippen molar-refractivity contribution >= 4 is 28.9 Å². The van der Waals surface area contributed by atoms with Gasteiger partial charge in [-0.1, -0.05) is 66.2 Å². The first kappa shape index (κ1) is 23.6. The van der Waals surface area contributed by atoms with Crippen LogP contribution >= 0.6 is 11.6 Å². The zero-order valence-electron chi connectivity index (χ0n) is 19.7. The number of aromatic hydroxyl groups is 1. The minimum Gasteiger partial charge on any atom is -0.507 e. The van der Waals surface area contributed by atoms with E-state index in [1.165, 1.54) is 12.1 Å². The highest BCUT2D eigenvalue weighted by Gasteiger charge is 2.50. The third-order valence-corrected chi connectivity index (χ3v) is 7.23. The maximum atomic E-state index is 13.9. The number of nitro benzene ring substituents is 1. The van der Waals surface area contributed by atoms with Gasteiger partial charge in [0.2, 0.25) is 5.91 Å². The van der Waals surface area contributed by atoms with Crippen LogP contribution in [0.1, 0.15) is 38.9 Å². The van der Waals surface area contributed by atoms with Crippen molar-refractivity contribution in [2.24, 2.45) is 0 Å². The number of nitrogens with zero attached hydrogens (tertiary/aromatic N) is 1. The van der Waals surface area contributed by atoms with E-state index >= 15 is 0 Å². The number of halogens is 1. The molecular weight excluding hydrogens is 476 g/mol. The molecule has 4 aromatic carbocycles. The van der Waals surface area contributed by atoms with Gasteiger partial charge in [-0.25, -0.2) is 0 Å². The van der Waals surface area contributed by atoms with E-state index in [1.807, 2.05) is 42.5 Å². The number of non-ortho nitro benzene ring substituents is 1. The summed E-state index contributed by atoms with van der Waals surface area (Å²) < 4.78 is 0. The SMILES string of the molecule is Cc1cc(C2(c3ccc([N+](=O)[O-])cc3)C(=O)Nc3cc(Cc4ccccc4Cl)ccc32)cc(C)c1O. The maximum Gasteiger partial charge on any atom is 0.269 e. The smallest absolute Gasteiger partial charge is 0.269 e. The molecule has 1 amide bonds. The van der Waals surface area contributed by atoms with Crippen molar-refractivity contribution in [1.29, 1.82) is 0 Å². The van der Waals surface area contributed by atoms with Crippen molar-refractivity contribution in [2.75, 3.05) is 5.32 Å². The molecule has 1 aliphatic heterocycles. The van der Waals surface area contributed by atoms with E-state index < -0.39 is 10.3 Å². The minimum absolute atomic E-state index is 0.0549. The lowest BCUT2D eigenvalue weighted by Crippen LogP contribution is -2.37. The first-order chi connectivity index (χ1) is 17.2. The van der Waals surface area contributed by atoms with Crippen LogP contribution < -0.4 is 5.32 Å². The van der Waals surface area contributed by atoms with Gasteiger partial charge in [-0.3, -0.25) is 14.9 Å². The van der Waals surface area contributed by atoms with Gasteiger partial charge in [-0.05, 0) is 65.8 Å². The topological polar surface area (TPSA) is 92.5 Å². The number of aryl methyl sites for hydroxylation is 2. The first-order valence-corrected chi connectivity index (χ1v) is 11.8. The number of phenols is 1. The molecule has 0 aromatic heterocycles. The Hall–Kier alpha value is -4.16. The van der Waals surface area contributed by atoms with Crippen LogP contribution in [0.15, 0.2) is 78.9 Å². The van der Waals surface area contributed by atoms with Crippen molar-refractivity contribution in [1.82, 2.24) is 0 Å². The highest BCUT2D eigenvalue weighted by atomic mass is 35.5. The molecule has 1 aliphatic rings. The maximum absolute atomic E-state index is 13.9. The number of hydrogen-bond acceptors (Lipinski definition) is 4. The van der Waals surface area contributed by atoms with Gasteiger partial charge >= 0.3 is 0 Å². The number of fused-ring (bicyclic) bond motifs is 1. The van der Waals surface area contributed by atoms with Gasteiger partial charge in [0.25, 0.3) is 5.69 Å². The Balaban J connectivity index is 1.70. The standard InChI is InChI=1S/C29H23ClN2O4/c1-17-13-22(14-18(2)27(17)33)29(21-8-10-23(11-9-21)32(35)36)24-12-7-19(16-26(24)31-28(29)34)15-20-5-3-4-6-25(20)30/h3-14,16,33H,15H2,1-2H3,(H,31,34). The van der Waals surface area contributed by atoms with E-state index in [0.29, 0.717) is 39.4 Å². The van der Waals surface area contributed by atoms with Crippen LogP contribution in [0.5, 0.6) is 5.75 Å². The molecule has 0 saturated heterocycles. The van der Waals surface area contributed by atoms with Crippen LogP contribution in [-0.4, -0.2) is 15.9 Å². The molecule has 1 atom stereocenters. The fraction of sp³-hybridized carbons (Fsp3) is 0.138. The Bertz CT molecular complexity index is 1510. The van der Waals surface area contributed by atoms with Crippen LogP contribution in [0.4, 0.5) is 11.4 Å². The molecule has 0 spiro atoms. The van der Waals surface area contributed by atoms with Gasteiger partial charge in [-0.2, -0.15) is 0 Å². The lowest BCUT2D eigenvalue weighted by Gasteiger charge is -2.30. The van der Waals surface area contributed by atoms with Crippen LogP contribution in [0, 0.1) is 24.0 Å². The summed E-state index contributed by atoms with van der Waals surface area (Å²) >= 11 is 6.36. The summed E-state index contributed by atoms with van der Waals surface area (Å²) in [5, 5.41) is 25.4. The average Bonchev–Trinajstić information content (AvgIpc) is 3.15. The fourth-order valence-corrected chi connectivity index (χ4v) is 5.28.